The fraction of sp³-hybridized carbons (Fsp3) is 0.250. The number of hydrogen-bond acceptors (Lipinski definition) is 3. The topological polar surface area (TPSA) is 66.5 Å². The molecule has 1 aromatic rings. The van der Waals surface area contributed by atoms with E-state index in [1.165, 1.54) is 0 Å². The molecular weight excluding hydrogens is 241 g/mol. The SMILES string of the molecule is NCCc1c(O)c(O)cc(F)c1Br. The van der Waals surface area contributed by atoms with Crippen molar-refractivity contribution in [3.05, 3.63) is 21.9 Å². The van der Waals surface area contributed by atoms with Crippen molar-refractivity contribution in [2.75, 3.05) is 6.54 Å². The van der Waals surface area contributed by atoms with E-state index in [0.29, 0.717) is 12.0 Å². The van der Waals surface area contributed by atoms with E-state index >= 15 is 0 Å². The number of benzene rings is 1. The molecule has 72 valence electrons. The number of nitrogens with two attached hydrogens (primary N) is 1. The maximum Gasteiger partial charge on any atom is 0.162 e. The summed E-state index contributed by atoms with van der Waals surface area (Å²) in [6.45, 7) is 0.273. The Morgan fingerprint density at radius 3 is 2.62 bits per heavy atom. The van der Waals surface area contributed by atoms with Crippen LogP contribution in [0.2, 0.25) is 0 Å². The minimum atomic E-state index is -0.612. The number of halogens is 2. The van der Waals surface area contributed by atoms with Crippen molar-refractivity contribution < 1.29 is 14.6 Å². The molecule has 0 saturated carbocycles. The molecule has 0 aliphatic rings. The van der Waals surface area contributed by atoms with Crippen molar-refractivity contribution in [2.24, 2.45) is 5.73 Å². The molecular formula is C8H9BrFNO2. The molecule has 0 saturated heterocycles. The van der Waals surface area contributed by atoms with Gasteiger partial charge in [-0.1, -0.05) is 0 Å². The van der Waals surface area contributed by atoms with Crippen LogP contribution < -0.4 is 5.73 Å². The molecule has 4 N–H and O–H groups in total. The van der Waals surface area contributed by atoms with Crippen LogP contribution in [-0.2, 0) is 6.42 Å². The van der Waals surface area contributed by atoms with Gasteiger partial charge in [-0.05, 0) is 28.9 Å². The van der Waals surface area contributed by atoms with E-state index in [9.17, 15) is 9.50 Å². The van der Waals surface area contributed by atoms with Gasteiger partial charge in [-0.3, -0.25) is 0 Å². The Morgan fingerprint density at radius 2 is 2.08 bits per heavy atom. The van der Waals surface area contributed by atoms with E-state index in [4.69, 9.17) is 10.8 Å². The zero-order valence-electron chi connectivity index (χ0n) is 6.72. The van der Waals surface area contributed by atoms with Gasteiger partial charge in [0.1, 0.15) is 5.82 Å². The lowest BCUT2D eigenvalue weighted by Gasteiger charge is -2.08. The van der Waals surface area contributed by atoms with Gasteiger partial charge in [0.15, 0.2) is 11.5 Å². The molecule has 0 fully saturated rings. The van der Waals surface area contributed by atoms with Crippen LogP contribution in [0.4, 0.5) is 4.39 Å². The molecule has 0 aromatic heterocycles. The number of phenolic OH excluding ortho intramolecular Hbond substituents is 2. The van der Waals surface area contributed by atoms with Crippen molar-refractivity contribution in [3.8, 4) is 11.5 Å². The molecule has 0 spiro atoms. The van der Waals surface area contributed by atoms with Gasteiger partial charge in [0.2, 0.25) is 0 Å². The van der Waals surface area contributed by atoms with E-state index in [1.807, 2.05) is 0 Å². The standard InChI is InChI=1S/C8H9BrFNO2/c9-7-4(1-2-11)8(13)6(12)3-5(7)10/h3,12-13H,1-2,11H2. The van der Waals surface area contributed by atoms with Gasteiger partial charge in [0.05, 0.1) is 4.47 Å². The molecule has 0 bridgehead atoms. The molecule has 5 heteroatoms. The highest BCUT2D eigenvalue weighted by Gasteiger charge is 2.14. The van der Waals surface area contributed by atoms with Crippen LogP contribution in [-0.4, -0.2) is 16.8 Å². The summed E-state index contributed by atoms with van der Waals surface area (Å²) in [5.74, 6) is -1.40. The molecule has 0 atom stereocenters. The van der Waals surface area contributed by atoms with Crippen LogP contribution >= 0.6 is 15.9 Å². The Bertz CT molecular complexity index is 304. The lowest BCUT2D eigenvalue weighted by atomic mass is 10.1. The largest absolute Gasteiger partial charge is 0.504 e. The van der Waals surface area contributed by atoms with Crippen molar-refractivity contribution in [1.82, 2.24) is 0 Å². The van der Waals surface area contributed by atoms with Crippen LogP contribution in [0.25, 0.3) is 0 Å². The third kappa shape index (κ3) is 1.92. The van der Waals surface area contributed by atoms with Gasteiger partial charge < -0.3 is 15.9 Å². The lowest BCUT2D eigenvalue weighted by molar-refractivity contribution is 0.394. The third-order valence-corrected chi connectivity index (χ3v) is 2.52. The van der Waals surface area contributed by atoms with Gasteiger partial charge in [-0.25, -0.2) is 4.39 Å². The van der Waals surface area contributed by atoms with Crippen molar-refractivity contribution in [3.63, 3.8) is 0 Å². The van der Waals surface area contributed by atoms with Crippen molar-refractivity contribution in [2.45, 2.75) is 6.42 Å². The second kappa shape index (κ2) is 3.93. The van der Waals surface area contributed by atoms with Crippen molar-refractivity contribution in [1.29, 1.82) is 0 Å². The molecule has 0 aliphatic carbocycles. The zero-order valence-corrected chi connectivity index (χ0v) is 8.31. The number of phenols is 2. The molecule has 0 unspecified atom stereocenters. The summed E-state index contributed by atoms with van der Waals surface area (Å²) in [6, 6.07) is 0.847. The van der Waals surface area contributed by atoms with E-state index in [-0.39, 0.29) is 16.8 Å². The summed E-state index contributed by atoms with van der Waals surface area (Å²) in [5, 5.41) is 18.4. The summed E-state index contributed by atoms with van der Waals surface area (Å²) in [4.78, 5) is 0. The quantitative estimate of drug-likeness (QED) is 0.697. The maximum absolute atomic E-state index is 13.0. The van der Waals surface area contributed by atoms with Crippen LogP contribution in [0.1, 0.15) is 5.56 Å². The lowest BCUT2D eigenvalue weighted by Crippen LogP contribution is -2.04. The smallest absolute Gasteiger partial charge is 0.162 e. The highest BCUT2D eigenvalue weighted by molar-refractivity contribution is 9.10. The zero-order chi connectivity index (χ0) is 10.0. The monoisotopic (exact) mass is 249 g/mol. The van der Waals surface area contributed by atoms with E-state index in [0.717, 1.165) is 6.07 Å². The van der Waals surface area contributed by atoms with Gasteiger partial charge in [-0.15, -0.1) is 0 Å². The van der Waals surface area contributed by atoms with Gasteiger partial charge in [0, 0.05) is 11.6 Å². The second-order valence-electron chi connectivity index (χ2n) is 2.56. The molecule has 1 rings (SSSR count). The Balaban J connectivity index is 3.28. The molecule has 0 radical (unpaired) electrons. The normalized spacial score (nSPS) is 10.4. The van der Waals surface area contributed by atoms with Gasteiger partial charge in [-0.2, -0.15) is 0 Å². The van der Waals surface area contributed by atoms with Gasteiger partial charge >= 0.3 is 0 Å². The van der Waals surface area contributed by atoms with Gasteiger partial charge in [0.25, 0.3) is 0 Å². The molecule has 13 heavy (non-hydrogen) atoms. The average Bonchev–Trinajstić information content (AvgIpc) is 2.09. The summed E-state index contributed by atoms with van der Waals surface area (Å²) in [6.07, 6.45) is 0.303. The van der Waals surface area contributed by atoms with Crippen LogP contribution in [0, 0.1) is 5.82 Å². The molecule has 3 nitrogen and oxygen atoms in total. The summed E-state index contributed by atoms with van der Waals surface area (Å²) in [7, 11) is 0. The first-order chi connectivity index (χ1) is 6.07. The van der Waals surface area contributed by atoms with E-state index in [1.54, 1.807) is 0 Å². The Labute approximate surface area is 83.1 Å². The van der Waals surface area contributed by atoms with E-state index in [2.05, 4.69) is 15.9 Å². The Hall–Kier alpha value is -0.810. The Morgan fingerprint density at radius 1 is 1.46 bits per heavy atom. The van der Waals surface area contributed by atoms with Crippen LogP contribution in [0.5, 0.6) is 11.5 Å². The van der Waals surface area contributed by atoms with Crippen LogP contribution in [0.15, 0.2) is 10.5 Å². The number of aromatic hydroxyl groups is 2. The first-order valence-electron chi connectivity index (χ1n) is 3.66. The minimum absolute atomic E-state index is 0.147. The highest BCUT2D eigenvalue weighted by Crippen LogP contribution is 2.36. The predicted molar refractivity (Wildman–Crippen MR) is 50.2 cm³/mol. The van der Waals surface area contributed by atoms with Crippen molar-refractivity contribution >= 4 is 15.9 Å². The first kappa shape index (κ1) is 10.3. The number of rotatable bonds is 2. The minimum Gasteiger partial charge on any atom is -0.504 e. The third-order valence-electron chi connectivity index (χ3n) is 1.66. The Kier molecular flexibility index (Phi) is 3.11. The molecule has 0 heterocycles. The number of hydrogen-bond donors (Lipinski definition) is 3. The summed E-state index contributed by atoms with van der Waals surface area (Å²) >= 11 is 2.96. The maximum atomic E-state index is 13.0. The average molecular weight is 250 g/mol. The molecule has 0 amide bonds. The fourth-order valence-electron chi connectivity index (χ4n) is 1.03. The second-order valence-corrected chi connectivity index (χ2v) is 3.35. The highest BCUT2D eigenvalue weighted by atomic mass is 79.9. The predicted octanol–water partition coefficient (Wildman–Crippen LogP) is 1.50. The van der Waals surface area contributed by atoms with Crippen LogP contribution in [0.3, 0.4) is 0 Å². The molecule has 1 aromatic carbocycles. The summed E-state index contributed by atoms with van der Waals surface area (Å²) in [5.41, 5.74) is 5.55. The first-order valence-corrected chi connectivity index (χ1v) is 4.46. The molecule has 0 aliphatic heterocycles. The van der Waals surface area contributed by atoms with E-state index < -0.39 is 11.6 Å². The fourth-order valence-corrected chi connectivity index (χ4v) is 1.53. The summed E-state index contributed by atoms with van der Waals surface area (Å²) < 4.78 is 13.1.